The average molecular weight is 256 g/mol. The zero-order valence-electron chi connectivity index (χ0n) is 11.5. The van der Waals surface area contributed by atoms with E-state index in [-0.39, 0.29) is 23.8 Å². The molecule has 1 rings (SSSR count). The fourth-order valence-electron chi connectivity index (χ4n) is 2.23. The number of aliphatic carboxylic acids is 1. The summed E-state index contributed by atoms with van der Waals surface area (Å²) in [6.07, 6.45) is 1.61. The van der Waals surface area contributed by atoms with Crippen LogP contribution in [-0.4, -0.2) is 36.6 Å². The number of hydrogen-bond acceptors (Lipinski definition) is 3. The molecule has 104 valence electrons. The Morgan fingerprint density at radius 1 is 1.33 bits per heavy atom. The van der Waals surface area contributed by atoms with Gasteiger partial charge in [0.2, 0.25) is 5.91 Å². The van der Waals surface area contributed by atoms with Crippen molar-refractivity contribution in [3.63, 3.8) is 0 Å². The van der Waals surface area contributed by atoms with E-state index in [2.05, 4.69) is 10.6 Å². The van der Waals surface area contributed by atoms with E-state index in [1.165, 1.54) is 0 Å². The highest BCUT2D eigenvalue weighted by Crippen LogP contribution is 2.28. The van der Waals surface area contributed by atoms with Gasteiger partial charge in [0.25, 0.3) is 0 Å². The number of nitrogens with one attached hydrogen (secondary N) is 2. The summed E-state index contributed by atoms with van der Waals surface area (Å²) in [6, 6.07) is 0. The first-order valence-electron chi connectivity index (χ1n) is 6.58. The minimum atomic E-state index is -0.847. The van der Waals surface area contributed by atoms with Gasteiger partial charge in [-0.3, -0.25) is 9.59 Å². The molecule has 0 saturated carbocycles. The maximum absolute atomic E-state index is 12.1. The highest BCUT2D eigenvalue weighted by molar-refractivity contribution is 5.83. The van der Waals surface area contributed by atoms with Crippen LogP contribution in [0.15, 0.2) is 0 Å². The van der Waals surface area contributed by atoms with Gasteiger partial charge in [0.05, 0.1) is 5.92 Å². The molecule has 1 saturated heterocycles. The van der Waals surface area contributed by atoms with E-state index in [9.17, 15) is 9.59 Å². The summed E-state index contributed by atoms with van der Waals surface area (Å²) in [4.78, 5) is 23.2. The molecule has 0 aromatic heterocycles. The van der Waals surface area contributed by atoms with Crippen LogP contribution in [0, 0.1) is 17.3 Å². The number of hydrogen-bond donors (Lipinski definition) is 3. The second-order valence-corrected chi connectivity index (χ2v) is 5.71. The Morgan fingerprint density at radius 2 is 1.89 bits per heavy atom. The van der Waals surface area contributed by atoms with E-state index in [0.29, 0.717) is 0 Å². The van der Waals surface area contributed by atoms with Gasteiger partial charge >= 0.3 is 5.97 Å². The minimum absolute atomic E-state index is 0.0172. The maximum Gasteiger partial charge on any atom is 0.308 e. The molecule has 1 fully saturated rings. The fourth-order valence-corrected chi connectivity index (χ4v) is 2.23. The lowest BCUT2D eigenvalue weighted by atomic mass is 9.80. The molecule has 0 bridgehead atoms. The van der Waals surface area contributed by atoms with Gasteiger partial charge < -0.3 is 15.7 Å². The SMILES string of the molecule is CC(C)C(CNC(=O)C1(C)CCNCC1)C(=O)O. The van der Waals surface area contributed by atoms with Crippen molar-refractivity contribution in [3.8, 4) is 0 Å². The average Bonchev–Trinajstić information content (AvgIpc) is 2.29. The van der Waals surface area contributed by atoms with Crippen molar-refractivity contribution in [2.24, 2.45) is 17.3 Å². The monoisotopic (exact) mass is 256 g/mol. The van der Waals surface area contributed by atoms with Gasteiger partial charge in [0, 0.05) is 12.0 Å². The third kappa shape index (κ3) is 3.70. The molecule has 1 heterocycles. The van der Waals surface area contributed by atoms with Crippen LogP contribution in [-0.2, 0) is 9.59 Å². The van der Waals surface area contributed by atoms with Gasteiger partial charge in [-0.15, -0.1) is 0 Å². The molecule has 1 aliphatic heterocycles. The van der Waals surface area contributed by atoms with Gasteiger partial charge in [-0.05, 0) is 31.8 Å². The second kappa shape index (κ2) is 6.18. The van der Waals surface area contributed by atoms with Gasteiger partial charge in [-0.25, -0.2) is 0 Å². The lowest BCUT2D eigenvalue weighted by Crippen LogP contribution is -2.47. The third-order valence-corrected chi connectivity index (χ3v) is 3.86. The van der Waals surface area contributed by atoms with Crippen molar-refractivity contribution in [1.82, 2.24) is 10.6 Å². The second-order valence-electron chi connectivity index (χ2n) is 5.71. The molecule has 1 aliphatic rings. The highest BCUT2D eigenvalue weighted by Gasteiger charge is 2.35. The van der Waals surface area contributed by atoms with Crippen LogP contribution in [0.2, 0.25) is 0 Å². The standard InChI is InChI=1S/C13H24N2O3/c1-9(2)10(11(16)17)8-15-12(18)13(3)4-6-14-7-5-13/h9-10,14H,4-8H2,1-3H3,(H,15,18)(H,16,17). The van der Waals surface area contributed by atoms with E-state index in [0.717, 1.165) is 25.9 Å². The topological polar surface area (TPSA) is 78.4 Å². The number of carbonyl (C=O) groups is 2. The Balaban J connectivity index is 2.51. The van der Waals surface area contributed by atoms with Gasteiger partial charge in [-0.2, -0.15) is 0 Å². The summed E-state index contributed by atoms with van der Waals surface area (Å²) in [6.45, 7) is 7.57. The number of carboxylic acid groups (broad SMARTS) is 1. The molecule has 0 aromatic carbocycles. The highest BCUT2D eigenvalue weighted by atomic mass is 16.4. The fraction of sp³-hybridized carbons (Fsp3) is 0.846. The maximum atomic E-state index is 12.1. The van der Waals surface area contributed by atoms with Gasteiger partial charge in [-0.1, -0.05) is 20.8 Å². The summed E-state index contributed by atoms with van der Waals surface area (Å²) in [5, 5.41) is 15.1. The van der Waals surface area contributed by atoms with E-state index < -0.39 is 11.9 Å². The molecule has 5 heteroatoms. The molecule has 18 heavy (non-hydrogen) atoms. The smallest absolute Gasteiger partial charge is 0.308 e. The number of rotatable bonds is 5. The number of carboxylic acids is 1. The number of carbonyl (C=O) groups excluding carboxylic acids is 1. The summed E-state index contributed by atoms with van der Waals surface area (Å²) in [5.74, 6) is -1.36. The van der Waals surface area contributed by atoms with Crippen molar-refractivity contribution < 1.29 is 14.7 Å². The molecular formula is C13H24N2O3. The Labute approximate surface area is 108 Å². The van der Waals surface area contributed by atoms with Gasteiger partial charge in [0.1, 0.15) is 0 Å². The number of piperidine rings is 1. The van der Waals surface area contributed by atoms with E-state index >= 15 is 0 Å². The lowest BCUT2D eigenvalue weighted by Gasteiger charge is -2.33. The van der Waals surface area contributed by atoms with Crippen LogP contribution in [0.1, 0.15) is 33.6 Å². The molecule has 1 unspecified atom stereocenters. The Hall–Kier alpha value is -1.10. The molecule has 0 radical (unpaired) electrons. The molecule has 0 aromatic rings. The summed E-state index contributed by atoms with van der Waals surface area (Å²) in [7, 11) is 0. The van der Waals surface area contributed by atoms with Crippen molar-refractivity contribution in [2.75, 3.05) is 19.6 Å². The quantitative estimate of drug-likeness (QED) is 0.681. The normalized spacial score (nSPS) is 20.4. The van der Waals surface area contributed by atoms with Crippen LogP contribution in [0.4, 0.5) is 0 Å². The zero-order valence-corrected chi connectivity index (χ0v) is 11.5. The van der Waals surface area contributed by atoms with Crippen LogP contribution in [0.3, 0.4) is 0 Å². The Bertz CT molecular complexity index is 309. The molecule has 0 spiro atoms. The van der Waals surface area contributed by atoms with Crippen LogP contribution < -0.4 is 10.6 Å². The molecule has 1 amide bonds. The van der Waals surface area contributed by atoms with E-state index in [4.69, 9.17) is 5.11 Å². The minimum Gasteiger partial charge on any atom is -0.481 e. The van der Waals surface area contributed by atoms with Crippen molar-refractivity contribution in [1.29, 1.82) is 0 Å². The van der Waals surface area contributed by atoms with E-state index in [1.54, 1.807) is 0 Å². The Morgan fingerprint density at radius 3 is 2.33 bits per heavy atom. The van der Waals surface area contributed by atoms with E-state index in [1.807, 2.05) is 20.8 Å². The lowest BCUT2D eigenvalue weighted by molar-refractivity contribution is -0.143. The van der Waals surface area contributed by atoms with Gasteiger partial charge in [0.15, 0.2) is 0 Å². The zero-order chi connectivity index (χ0) is 13.8. The summed E-state index contributed by atoms with van der Waals surface area (Å²) in [5.41, 5.74) is -0.356. The predicted octanol–water partition coefficient (Wildman–Crippen LogP) is 0.849. The first-order chi connectivity index (χ1) is 8.37. The summed E-state index contributed by atoms with van der Waals surface area (Å²) < 4.78 is 0. The largest absolute Gasteiger partial charge is 0.481 e. The van der Waals surface area contributed by atoms with Crippen LogP contribution >= 0.6 is 0 Å². The molecule has 0 aliphatic carbocycles. The van der Waals surface area contributed by atoms with Crippen LogP contribution in [0.5, 0.6) is 0 Å². The van der Waals surface area contributed by atoms with Crippen molar-refractivity contribution in [2.45, 2.75) is 33.6 Å². The molecule has 3 N–H and O–H groups in total. The molecule has 1 atom stereocenters. The predicted molar refractivity (Wildman–Crippen MR) is 69.2 cm³/mol. The van der Waals surface area contributed by atoms with Crippen molar-refractivity contribution in [3.05, 3.63) is 0 Å². The molecule has 5 nitrogen and oxygen atoms in total. The van der Waals surface area contributed by atoms with Crippen LogP contribution in [0.25, 0.3) is 0 Å². The first kappa shape index (κ1) is 15.0. The first-order valence-corrected chi connectivity index (χ1v) is 6.58. The number of amides is 1. The van der Waals surface area contributed by atoms with Crippen molar-refractivity contribution >= 4 is 11.9 Å². The summed E-state index contributed by atoms with van der Waals surface area (Å²) >= 11 is 0. The third-order valence-electron chi connectivity index (χ3n) is 3.86. The molecular weight excluding hydrogens is 232 g/mol. The Kier molecular flexibility index (Phi) is 5.14.